The van der Waals surface area contributed by atoms with E-state index in [0.29, 0.717) is 28.1 Å². The zero-order valence-corrected chi connectivity index (χ0v) is 16.5. The summed E-state index contributed by atoms with van der Waals surface area (Å²) in [6, 6.07) is 11.2. The predicted octanol–water partition coefficient (Wildman–Crippen LogP) is 2.82. The molecule has 0 aliphatic rings. The number of hydrogen-bond donors (Lipinski definition) is 1. The second-order valence-corrected chi connectivity index (χ2v) is 8.00. The van der Waals surface area contributed by atoms with E-state index in [1.807, 2.05) is 0 Å². The van der Waals surface area contributed by atoms with Crippen LogP contribution >= 0.6 is 0 Å². The van der Waals surface area contributed by atoms with Gasteiger partial charge in [0.05, 0.1) is 24.1 Å². The summed E-state index contributed by atoms with van der Waals surface area (Å²) in [5, 5.41) is 2.77. The molecule has 0 bridgehead atoms. The molecule has 2 rings (SSSR count). The van der Waals surface area contributed by atoms with Gasteiger partial charge in [-0.1, -0.05) is 6.07 Å². The standard InChI is InChI=1S/C19H22N2O5S/c1-5-26-19(23)15-9-10-17(13(2)11-15)20-18(22)14-7-6-8-16(12-14)21(3)27(4,24)25/h6-12H,5H2,1-4H3,(H,20,22). The van der Waals surface area contributed by atoms with Gasteiger partial charge in [0, 0.05) is 18.3 Å². The SMILES string of the molecule is CCOC(=O)c1ccc(NC(=O)c2cccc(N(C)S(C)(=O)=O)c2)c(C)c1. The van der Waals surface area contributed by atoms with E-state index in [4.69, 9.17) is 4.74 Å². The maximum atomic E-state index is 12.5. The Morgan fingerprint density at radius 2 is 1.81 bits per heavy atom. The average molecular weight is 390 g/mol. The largest absolute Gasteiger partial charge is 0.462 e. The van der Waals surface area contributed by atoms with Gasteiger partial charge in [0.15, 0.2) is 0 Å². The lowest BCUT2D eigenvalue weighted by Crippen LogP contribution is -2.25. The summed E-state index contributed by atoms with van der Waals surface area (Å²) in [6.45, 7) is 3.79. The minimum atomic E-state index is -3.42. The van der Waals surface area contributed by atoms with Crippen LogP contribution in [0.5, 0.6) is 0 Å². The number of nitrogens with zero attached hydrogens (tertiary/aromatic N) is 1. The van der Waals surface area contributed by atoms with Crippen LogP contribution in [0.1, 0.15) is 33.2 Å². The molecule has 0 saturated carbocycles. The zero-order chi connectivity index (χ0) is 20.2. The van der Waals surface area contributed by atoms with E-state index in [2.05, 4.69) is 5.32 Å². The highest BCUT2D eigenvalue weighted by atomic mass is 32.2. The average Bonchev–Trinajstić information content (AvgIpc) is 2.62. The van der Waals surface area contributed by atoms with Crippen LogP contribution in [-0.2, 0) is 14.8 Å². The Morgan fingerprint density at radius 3 is 2.41 bits per heavy atom. The zero-order valence-electron chi connectivity index (χ0n) is 15.6. The molecule has 0 spiro atoms. The van der Waals surface area contributed by atoms with Crippen molar-refractivity contribution in [3.63, 3.8) is 0 Å². The van der Waals surface area contributed by atoms with E-state index < -0.39 is 16.0 Å². The highest BCUT2D eigenvalue weighted by molar-refractivity contribution is 7.92. The van der Waals surface area contributed by atoms with E-state index >= 15 is 0 Å². The highest BCUT2D eigenvalue weighted by Crippen LogP contribution is 2.21. The van der Waals surface area contributed by atoms with Gasteiger partial charge in [-0.05, 0) is 55.8 Å². The Hall–Kier alpha value is -2.87. The number of rotatable bonds is 6. The molecule has 144 valence electrons. The van der Waals surface area contributed by atoms with Gasteiger partial charge >= 0.3 is 5.97 Å². The van der Waals surface area contributed by atoms with Crippen LogP contribution in [0.3, 0.4) is 0 Å². The van der Waals surface area contributed by atoms with Crippen molar-refractivity contribution in [3.05, 3.63) is 59.2 Å². The second kappa shape index (κ2) is 8.22. The lowest BCUT2D eigenvalue weighted by atomic mass is 10.1. The number of aryl methyl sites for hydroxylation is 1. The molecule has 0 aliphatic carbocycles. The fraction of sp³-hybridized carbons (Fsp3) is 0.263. The molecule has 0 unspecified atom stereocenters. The van der Waals surface area contributed by atoms with Gasteiger partial charge in [-0.15, -0.1) is 0 Å². The molecule has 0 heterocycles. The summed E-state index contributed by atoms with van der Waals surface area (Å²) in [5.74, 6) is -0.805. The third-order valence-electron chi connectivity index (χ3n) is 3.96. The summed E-state index contributed by atoms with van der Waals surface area (Å²) >= 11 is 0. The molecule has 27 heavy (non-hydrogen) atoms. The molecule has 0 atom stereocenters. The molecule has 0 saturated heterocycles. The molecule has 1 amide bonds. The summed E-state index contributed by atoms with van der Waals surface area (Å²) in [5.41, 5.74) is 2.37. The van der Waals surface area contributed by atoms with Crippen LogP contribution in [-0.4, -0.2) is 40.2 Å². The van der Waals surface area contributed by atoms with E-state index in [1.165, 1.54) is 13.1 Å². The first-order chi connectivity index (χ1) is 12.6. The first-order valence-corrected chi connectivity index (χ1v) is 10.1. The molecule has 0 fully saturated rings. The van der Waals surface area contributed by atoms with E-state index in [0.717, 1.165) is 10.6 Å². The smallest absolute Gasteiger partial charge is 0.338 e. The molecule has 2 aromatic rings. The summed E-state index contributed by atoms with van der Waals surface area (Å²) in [4.78, 5) is 24.3. The van der Waals surface area contributed by atoms with Crippen LogP contribution < -0.4 is 9.62 Å². The van der Waals surface area contributed by atoms with Crippen molar-refractivity contribution < 1.29 is 22.7 Å². The van der Waals surface area contributed by atoms with Crippen LogP contribution in [0, 0.1) is 6.92 Å². The number of carbonyl (C=O) groups excluding carboxylic acids is 2. The van der Waals surface area contributed by atoms with Gasteiger partial charge in [0.1, 0.15) is 0 Å². The summed E-state index contributed by atoms with van der Waals surface area (Å²) < 4.78 is 29.4. The minimum absolute atomic E-state index is 0.286. The first kappa shape index (κ1) is 20.4. The number of sulfonamides is 1. The van der Waals surface area contributed by atoms with Crippen molar-refractivity contribution in [1.82, 2.24) is 0 Å². The first-order valence-electron chi connectivity index (χ1n) is 8.26. The number of esters is 1. The number of amides is 1. The van der Waals surface area contributed by atoms with Gasteiger partial charge in [-0.2, -0.15) is 0 Å². The molecule has 2 aromatic carbocycles. The van der Waals surface area contributed by atoms with Crippen LogP contribution in [0.4, 0.5) is 11.4 Å². The van der Waals surface area contributed by atoms with Gasteiger partial charge in [-0.3, -0.25) is 9.10 Å². The molecular weight excluding hydrogens is 368 g/mol. The normalized spacial score (nSPS) is 11.0. The van der Waals surface area contributed by atoms with Gasteiger partial charge in [0.25, 0.3) is 5.91 Å². The van der Waals surface area contributed by atoms with E-state index in [-0.39, 0.29) is 12.5 Å². The van der Waals surface area contributed by atoms with Crippen molar-refractivity contribution in [2.24, 2.45) is 0 Å². The van der Waals surface area contributed by atoms with Crippen LogP contribution in [0.15, 0.2) is 42.5 Å². The second-order valence-electron chi connectivity index (χ2n) is 5.99. The molecule has 0 aliphatic heterocycles. The number of anilines is 2. The maximum Gasteiger partial charge on any atom is 0.338 e. The Balaban J connectivity index is 2.22. The third kappa shape index (κ3) is 5.07. The predicted molar refractivity (Wildman–Crippen MR) is 105 cm³/mol. The lowest BCUT2D eigenvalue weighted by molar-refractivity contribution is 0.0526. The molecule has 7 nitrogen and oxygen atoms in total. The fourth-order valence-corrected chi connectivity index (χ4v) is 2.87. The van der Waals surface area contributed by atoms with E-state index in [1.54, 1.807) is 50.2 Å². The Labute approximate surface area is 159 Å². The number of benzene rings is 2. The Morgan fingerprint density at radius 1 is 1.11 bits per heavy atom. The molecule has 0 radical (unpaired) electrons. The number of hydrogen-bond acceptors (Lipinski definition) is 5. The highest BCUT2D eigenvalue weighted by Gasteiger charge is 2.15. The van der Waals surface area contributed by atoms with Crippen LogP contribution in [0.2, 0.25) is 0 Å². The molecule has 1 N–H and O–H groups in total. The molecular formula is C19H22N2O5S. The molecule has 8 heteroatoms. The summed E-state index contributed by atoms with van der Waals surface area (Å²) in [7, 11) is -2.00. The van der Waals surface area contributed by atoms with Crippen LogP contribution in [0.25, 0.3) is 0 Å². The van der Waals surface area contributed by atoms with Crippen molar-refractivity contribution in [2.75, 3.05) is 29.5 Å². The van der Waals surface area contributed by atoms with Crippen molar-refractivity contribution >= 4 is 33.3 Å². The molecule has 0 aromatic heterocycles. The van der Waals surface area contributed by atoms with Crippen molar-refractivity contribution in [3.8, 4) is 0 Å². The van der Waals surface area contributed by atoms with Crippen molar-refractivity contribution in [1.29, 1.82) is 0 Å². The summed E-state index contributed by atoms with van der Waals surface area (Å²) in [6.07, 6.45) is 1.09. The topological polar surface area (TPSA) is 92.8 Å². The minimum Gasteiger partial charge on any atom is -0.462 e. The number of ether oxygens (including phenoxy) is 1. The fourth-order valence-electron chi connectivity index (χ4n) is 2.37. The quantitative estimate of drug-likeness (QED) is 0.766. The third-order valence-corrected chi connectivity index (χ3v) is 5.16. The van der Waals surface area contributed by atoms with Gasteiger partial charge in [0.2, 0.25) is 10.0 Å². The monoisotopic (exact) mass is 390 g/mol. The maximum absolute atomic E-state index is 12.5. The lowest BCUT2D eigenvalue weighted by Gasteiger charge is -2.17. The Kier molecular flexibility index (Phi) is 6.22. The Bertz CT molecular complexity index is 970. The number of nitrogens with one attached hydrogen (secondary N) is 1. The van der Waals surface area contributed by atoms with Crippen molar-refractivity contribution in [2.45, 2.75) is 13.8 Å². The number of carbonyl (C=O) groups is 2. The van der Waals surface area contributed by atoms with Gasteiger partial charge < -0.3 is 10.1 Å². The van der Waals surface area contributed by atoms with Gasteiger partial charge in [-0.25, -0.2) is 13.2 Å². The van der Waals surface area contributed by atoms with E-state index in [9.17, 15) is 18.0 Å².